The van der Waals surface area contributed by atoms with Crippen LogP contribution in [0.1, 0.15) is 30.9 Å². The monoisotopic (exact) mass is 242 g/mol. The molecule has 0 radical (unpaired) electrons. The molecule has 0 bridgehead atoms. The molecular formula is C14H18N4. The molecule has 0 aliphatic heterocycles. The first-order valence-corrected chi connectivity index (χ1v) is 6.56. The first-order valence-electron chi connectivity index (χ1n) is 6.56. The molecule has 18 heavy (non-hydrogen) atoms. The molecule has 4 nitrogen and oxygen atoms in total. The molecule has 4 heteroatoms. The van der Waals surface area contributed by atoms with Gasteiger partial charge in [-0.1, -0.05) is 29.8 Å². The fourth-order valence-electron chi connectivity index (χ4n) is 2.97. The summed E-state index contributed by atoms with van der Waals surface area (Å²) in [7, 11) is 0. The van der Waals surface area contributed by atoms with Crippen LogP contribution in [0, 0.1) is 5.92 Å². The summed E-state index contributed by atoms with van der Waals surface area (Å²) in [5.74, 6) is 1.08. The van der Waals surface area contributed by atoms with E-state index in [0.29, 0.717) is 11.8 Å². The van der Waals surface area contributed by atoms with Gasteiger partial charge in [0, 0.05) is 5.92 Å². The maximum atomic E-state index is 5.87. The molecule has 1 aromatic carbocycles. The van der Waals surface area contributed by atoms with Crippen molar-refractivity contribution in [3.8, 4) is 5.69 Å². The van der Waals surface area contributed by atoms with E-state index >= 15 is 0 Å². The maximum Gasteiger partial charge on any atom is 0.0732 e. The van der Waals surface area contributed by atoms with Crippen LogP contribution >= 0.6 is 0 Å². The SMILES string of the molecule is NCC1CCCC1c1cnnn1-c1ccccc1. The largest absolute Gasteiger partial charge is 0.330 e. The smallest absolute Gasteiger partial charge is 0.0732 e. The Balaban J connectivity index is 1.97. The molecule has 0 amide bonds. The highest BCUT2D eigenvalue weighted by Gasteiger charge is 2.30. The van der Waals surface area contributed by atoms with Crippen molar-refractivity contribution in [3.63, 3.8) is 0 Å². The highest BCUT2D eigenvalue weighted by molar-refractivity contribution is 5.32. The Morgan fingerprint density at radius 2 is 2.06 bits per heavy atom. The molecule has 1 heterocycles. The predicted octanol–water partition coefficient (Wildman–Crippen LogP) is 2.11. The van der Waals surface area contributed by atoms with Crippen LogP contribution in [0.3, 0.4) is 0 Å². The average molecular weight is 242 g/mol. The summed E-state index contributed by atoms with van der Waals surface area (Å²) in [6.45, 7) is 0.755. The minimum absolute atomic E-state index is 0.505. The molecule has 1 aliphatic carbocycles. The number of hydrogen-bond acceptors (Lipinski definition) is 3. The van der Waals surface area contributed by atoms with Crippen molar-refractivity contribution >= 4 is 0 Å². The summed E-state index contributed by atoms with van der Waals surface area (Å²) in [5.41, 5.74) is 8.15. The van der Waals surface area contributed by atoms with Gasteiger partial charge in [-0.05, 0) is 37.4 Å². The van der Waals surface area contributed by atoms with E-state index in [-0.39, 0.29) is 0 Å². The molecule has 0 spiro atoms. The third-order valence-corrected chi connectivity index (χ3v) is 3.92. The molecule has 1 aliphatic rings. The number of benzene rings is 1. The molecule has 3 rings (SSSR count). The van der Waals surface area contributed by atoms with E-state index in [2.05, 4.69) is 22.4 Å². The van der Waals surface area contributed by atoms with E-state index in [4.69, 9.17) is 5.73 Å². The summed E-state index contributed by atoms with van der Waals surface area (Å²) < 4.78 is 1.96. The van der Waals surface area contributed by atoms with Gasteiger partial charge < -0.3 is 5.73 Å². The van der Waals surface area contributed by atoms with Crippen molar-refractivity contribution in [2.75, 3.05) is 6.54 Å². The summed E-state index contributed by atoms with van der Waals surface area (Å²) in [6.07, 6.45) is 5.57. The first-order chi connectivity index (χ1) is 8.90. The summed E-state index contributed by atoms with van der Waals surface area (Å²) in [6, 6.07) is 10.2. The zero-order valence-corrected chi connectivity index (χ0v) is 10.4. The van der Waals surface area contributed by atoms with Gasteiger partial charge in [0.15, 0.2) is 0 Å². The van der Waals surface area contributed by atoms with Gasteiger partial charge in [-0.3, -0.25) is 0 Å². The topological polar surface area (TPSA) is 56.7 Å². The van der Waals surface area contributed by atoms with Gasteiger partial charge in [-0.25, -0.2) is 4.68 Å². The van der Waals surface area contributed by atoms with Gasteiger partial charge in [0.1, 0.15) is 0 Å². The molecule has 0 saturated heterocycles. The molecule has 1 fully saturated rings. The van der Waals surface area contributed by atoms with Gasteiger partial charge in [0.2, 0.25) is 0 Å². The van der Waals surface area contributed by atoms with Gasteiger partial charge in [-0.15, -0.1) is 5.10 Å². The fraction of sp³-hybridized carbons (Fsp3) is 0.429. The lowest BCUT2D eigenvalue weighted by Gasteiger charge is -2.18. The number of nitrogens with zero attached hydrogens (tertiary/aromatic N) is 3. The van der Waals surface area contributed by atoms with Crippen LogP contribution in [0.15, 0.2) is 36.5 Å². The molecular weight excluding hydrogens is 224 g/mol. The van der Waals surface area contributed by atoms with Gasteiger partial charge in [-0.2, -0.15) is 0 Å². The highest BCUT2D eigenvalue weighted by Crippen LogP contribution is 2.39. The Bertz CT molecular complexity index is 506. The number of nitrogens with two attached hydrogens (primary N) is 1. The lowest BCUT2D eigenvalue weighted by molar-refractivity contribution is 0.477. The van der Waals surface area contributed by atoms with Crippen LogP contribution in [-0.4, -0.2) is 21.5 Å². The van der Waals surface area contributed by atoms with Crippen molar-refractivity contribution in [1.29, 1.82) is 0 Å². The zero-order valence-electron chi connectivity index (χ0n) is 10.4. The van der Waals surface area contributed by atoms with Crippen LogP contribution < -0.4 is 5.73 Å². The molecule has 1 saturated carbocycles. The second-order valence-electron chi connectivity index (χ2n) is 4.94. The van der Waals surface area contributed by atoms with E-state index in [0.717, 1.165) is 12.2 Å². The molecule has 2 atom stereocenters. The minimum Gasteiger partial charge on any atom is -0.330 e. The van der Waals surface area contributed by atoms with Crippen LogP contribution in [0.25, 0.3) is 5.69 Å². The zero-order chi connectivity index (χ0) is 12.4. The molecule has 1 aromatic heterocycles. The minimum atomic E-state index is 0.505. The van der Waals surface area contributed by atoms with Crippen molar-refractivity contribution in [2.45, 2.75) is 25.2 Å². The Morgan fingerprint density at radius 1 is 1.22 bits per heavy atom. The quantitative estimate of drug-likeness (QED) is 0.896. The molecule has 2 unspecified atom stereocenters. The lowest BCUT2D eigenvalue weighted by Crippen LogP contribution is -2.19. The van der Waals surface area contributed by atoms with Crippen molar-refractivity contribution in [2.24, 2.45) is 11.7 Å². The van der Waals surface area contributed by atoms with Crippen LogP contribution in [-0.2, 0) is 0 Å². The lowest BCUT2D eigenvalue weighted by atomic mass is 9.93. The van der Waals surface area contributed by atoms with Crippen molar-refractivity contribution in [1.82, 2.24) is 15.0 Å². The summed E-state index contributed by atoms with van der Waals surface area (Å²) in [4.78, 5) is 0. The first kappa shape index (κ1) is 11.4. The van der Waals surface area contributed by atoms with E-state index in [1.165, 1.54) is 25.0 Å². The van der Waals surface area contributed by atoms with E-state index < -0.39 is 0 Å². The van der Waals surface area contributed by atoms with Gasteiger partial charge in [0.05, 0.1) is 17.6 Å². The number of hydrogen-bond donors (Lipinski definition) is 1. The molecule has 2 N–H and O–H groups in total. The van der Waals surface area contributed by atoms with Crippen LogP contribution in [0.5, 0.6) is 0 Å². The number of aromatic nitrogens is 3. The van der Waals surface area contributed by atoms with Crippen molar-refractivity contribution in [3.05, 3.63) is 42.2 Å². The third kappa shape index (κ3) is 1.93. The van der Waals surface area contributed by atoms with E-state index in [9.17, 15) is 0 Å². The maximum absolute atomic E-state index is 5.87. The summed E-state index contributed by atoms with van der Waals surface area (Å²) >= 11 is 0. The Hall–Kier alpha value is -1.68. The van der Waals surface area contributed by atoms with E-state index in [1.807, 2.05) is 29.1 Å². The number of para-hydroxylation sites is 1. The highest BCUT2D eigenvalue weighted by atomic mass is 15.4. The van der Waals surface area contributed by atoms with E-state index in [1.54, 1.807) is 0 Å². The second kappa shape index (κ2) is 4.90. The number of rotatable bonds is 3. The van der Waals surface area contributed by atoms with Crippen LogP contribution in [0.2, 0.25) is 0 Å². The third-order valence-electron chi connectivity index (χ3n) is 3.92. The summed E-state index contributed by atoms with van der Waals surface area (Å²) in [5, 5.41) is 8.31. The Labute approximate surface area is 107 Å². The standard InChI is InChI=1S/C14H18N4/c15-9-11-5-4-8-13(11)14-10-16-17-18(14)12-6-2-1-3-7-12/h1-3,6-7,10-11,13H,4-5,8-9,15H2. The average Bonchev–Trinajstić information content (AvgIpc) is 3.07. The van der Waals surface area contributed by atoms with Gasteiger partial charge in [0.25, 0.3) is 0 Å². The Morgan fingerprint density at radius 3 is 2.83 bits per heavy atom. The molecule has 2 aromatic rings. The Kier molecular flexibility index (Phi) is 3.11. The normalized spacial score (nSPS) is 23.4. The van der Waals surface area contributed by atoms with Gasteiger partial charge >= 0.3 is 0 Å². The second-order valence-corrected chi connectivity index (χ2v) is 4.94. The van der Waals surface area contributed by atoms with Crippen molar-refractivity contribution < 1.29 is 0 Å². The van der Waals surface area contributed by atoms with Crippen LogP contribution in [0.4, 0.5) is 0 Å². The fourth-order valence-corrected chi connectivity index (χ4v) is 2.97. The molecule has 94 valence electrons. The predicted molar refractivity (Wildman–Crippen MR) is 70.5 cm³/mol.